The van der Waals surface area contributed by atoms with Crippen LogP contribution in [0.1, 0.15) is 21.5 Å². The molecule has 0 radical (unpaired) electrons. The molecule has 0 aliphatic rings. The van der Waals surface area contributed by atoms with E-state index in [1.54, 1.807) is 19.1 Å². The molecule has 22 heavy (non-hydrogen) atoms. The number of hydrogen-bond donors (Lipinski definition) is 2. The van der Waals surface area contributed by atoms with Gasteiger partial charge in [-0.15, -0.1) is 0 Å². The number of benzene rings is 2. The molecule has 0 aliphatic heterocycles. The van der Waals surface area contributed by atoms with Crippen molar-refractivity contribution in [2.75, 3.05) is 11.9 Å². The predicted octanol–water partition coefficient (Wildman–Crippen LogP) is 2.80. The number of nitrogens with one attached hydrogen (secondary N) is 1. The Labute approximate surface area is 128 Å². The van der Waals surface area contributed by atoms with Crippen molar-refractivity contribution in [1.29, 1.82) is 0 Å². The third kappa shape index (κ3) is 3.85. The van der Waals surface area contributed by atoms with Gasteiger partial charge in [0, 0.05) is 5.69 Å². The summed E-state index contributed by atoms with van der Waals surface area (Å²) in [7, 11) is 0. The second-order valence-electron chi connectivity index (χ2n) is 4.94. The number of rotatable bonds is 4. The number of carbonyl (C=O) groups excluding carboxylic acids is 2. The SMILES string of the molecule is Cc1ccc(C(=O)OCC(=O)Nc2ccccc2C)cc1O. The number of phenols is 1. The van der Waals surface area contributed by atoms with Crippen LogP contribution in [0, 0.1) is 13.8 Å². The van der Waals surface area contributed by atoms with E-state index in [0.717, 1.165) is 5.56 Å². The largest absolute Gasteiger partial charge is 0.508 e. The molecular formula is C17H17NO4. The molecule has 0 spiro atoms. The van der Waals surface area contributed by atoms with E-state index >= 15 is 0 Å². The Morgan fingerprint density at radius 2 is 1.82 bits per heavy atom. The van der Waals surface area contributed by atoms with Crippen LogP contribution in [0.2, 0.25) is 0 Å². The third-order valence-corrected chi connectivity index (χ3v) is 3.20. The lowest BCUT2D eigenvalue weighted by Gasteiger charge is -2.09. The Bertz CT molecular complexity index is 710. The molecule has 0 aliphatic carbocycles. The molecule has 0 saturated heterocycles. The van der Waals surface area contributed by atoms with Crippen LogP contribution in [0.3, 0.4) is 0 Å². The lowest BCUT2D eigenvalue weighted by molar-refractivity contribution is -0.119. The van der Waals surface area contributed by atoms with Crippen LogP contribution < -0.4 is 5.32 Å². The van der Waals surface area contributed by atoms with Crippen molar-refractivity contribution in [3.8, 4) is 5.75 Å². The summed E-state index contributed by atoms with van der Waals surface area (Å²) in [5.41, 5.74) is 2.46. The summed E-state index contributed by atoms with van der Waals surface area (Å²) >= 11 is 0. The normalized spacial score (nSPS) is 10.1. The van der Waals surface area contributed by atoms with Gasteiger partial charge in [0.05, 0.1) is 5.56 Å². The minimum atomic E-state index is -0.657. The lowest BCUT2D eigenvalue weighted by atomic mass is 10.1. The van der Waals surface area contributed by atoms with Gasteiger partial charge in [0.25, 0.3) is 5.91 Å². The highest BCUT2D eigenvalue weighted by Crippen LogP contribution is 2.18. The Hall–Kier alpha value is -2.82. The zero-order valence-corrected chi connectivity index (χ0v) is 12.4. The number of hydrogen-bond acceptors (Lipinski definition) is 4. The van der Waals surface area contributed by atoms with Crippen molar-refractivity contribution < 1.29 is 19.4 Å². The van der Waals surface area contributed by atoms with Gasteiger partial charge in [-0.25, -0.2) is 4.79 Å². The first-order valence-corrected chi connectivity index (χ1v) is 6.79. The van der Waals surface area contributed by atoms with Gasteiger partial charge in [-0.2, -0.15) is 0 Å². The fourth-order valence-electron chi connectivity index (χ4n) is 1.85. The Balaban J connectivity index is 1.92. The van der Waals surface area contributed by atoms with Crippen molar-refractivity contribution in [1.82, 2.24) is 0 Å². The van der Waals surface area contributed by atoms with E-state index in [1.165, 1.54) is 12.1 Å². The van der Waals surface area contributed by atoms with Crippen LogP contribution in [-0.4, -0.2) is 23.6 Å². The van der Waals surface area contributed by atoms with Gasteiger partial charge < -0.3 is 15.2 Å². The van der Waals surface area contributed by atoms with E-state index in [4.69, 9.17) is 4.74 Å². The maximum atomic E-state index is 11.8. The summed E-state index contributed by atoms with van der Waals surface area (Å²) in [4.78, 5) is 23.6. The molecule has 5 heteroatoms. The van der Waals surface area contributed by atoms with Gasteiger partial charge in [0.2, 0.25) is 0 Å². The van der Waals surface area contributed by atoms with Crippen molar-refractivity contribution in [2.45, 2.75) is 13.8 Å². The van der Waals surface area contributed by atoms with E-state index < -0.39 is 11.9 Å². The minimum Gasteiger partial charge on any atom is -0.508 e. The summed E-state index contributed by atoms with van der Waals surface area (Å²) in [5, 5.41) is 12.2. The van der Waals surface area contributed by atoms with Crippen LogP contribution >= 0.6 is 0 Å². The summed E-state index contributed by atoms with van der Waals surface area (Å²) in [6.45, 7) is 3.21. The molecule has 2 aromatic carbocycles. The highest BCUT2D eigenvalue weighted by atomic mass is 16.5. The molecule has 0 atom stereocenters. The first-order chi connectivity index (χ1) is 10.5. The Morgan fingerprint density at radius 1 is 1.09 bits per heavy atom. The fraction of sp³-hybridized carbons (Fsp3) is 0.176. The molecule has 0 aromatic heterocycles. The monoisotopic (exact) mass is 299 g/mol. The van der Waals surface area contributed by atoms with Gasteiger partial charge >= 0.3 is 5.97 Å². The smallest absolute Gasteiger partial charge is 0.338 e. The quantitative estimate of drug-likeness (QED) is 0.851. The van der Waals surface area contributed by atoms with Gasteiger partial charge in [-0.3, -0.25) is 4.79 Å². The van der Waals surface area contributed by atoms with Crippen LogP contribution in [0.4, 0.5) is 5.69 Å². The second kappa shape index (κ2) is 6.76. The highest BCUT2D eigenvalue weighted by molar-refractivity contribution is 5.96. The van der Waals surface area contributed by atoms with Gasteiger partial charge in [-0.1, -0.05) is 24.3 Å². The van der Waals surface area contributed by atoms with E-state index in [0.29, 0.717) is 11.3 Å². The van der Waals surface area contributed by atoms with Crippen LogP contribution in [0.15, 0.2) is 42.5 Å². The number of carbonyl (C=O) groups is 2. The fourth-order valence-corrected chi connectivity index (χ4v) is 1.85. The van der Waals surface area contributed by atoms with Gasteiger partial charge in [0.1, 0.15) is 5.75 Å². The highest BCUT2D eigenvalue weighted by Gasteiger charge is 2.12. The molecule has 0 saturated carbocycles. The zero-order chi connectivity index (χ0) is 16.1. The summed E-state index contributed by atoms with van der Waals surface area (Å²) in [6, 6.07) is 11.8. The number of aryl methyl sites for hydroxylation is 2. The lowest BCUT2D eigenvalue weighted by Crippen LogP contribution is -2.21. The van der Waals surface area contributed by atoms with Gasteiger partial charge in [-0.05, 0) is 43.2 Å². The number of para-hydroxylation sites is 1. The van der Waals surface area contributed by atoms with E-state index in [-0.39, 0.29) is 17.9 Å². The maximum Gasteiger partial charge on any atom is 0.338 e. The molecule has 2 N–H and O–H groups in total. The number of anilines is 1. The van der Waals surface area contributed by atoms with Gasteiger partial charge in [0.15, 0.2) is 6.61 Å². The molecule has 0 fully saturated rings. The molecule has 0 unspecified atom stereocenters. The van der Waals surface area contributed by atoms with E-state index in [9.17, 15) is 14.7 Å². The standard InChI is InChI=1S/C17H17NO4/c1-11-5-3-4-6-14(11)18-16(20)10-22-17(21)13-8-7-12(2)15(19)9-13/h3-9,19H,10H2,1-2H3,(H,18,20). The predicted molar refractivity (Wildman–Crippen MR) is 82.9 cm³/mol. The van der Waals surface area contributed by atoms with E-state index in [2.05, 4.69) is 5.32 Å². The Kier molecular flexibility index (Phi) is 4.78. The summed E-state index contributed by atoms with van der Waals surface area (Å²) in [5.74, 6) is -1.06. The third-order valence-electron chi connectivity index (χ3n) is 3.20. The average molecular weight is 299 g/mol. The topological polar surface area (TPSA) is 75.6 Å². The van der Waals surface area contributed by atoms with Crippen LogP contribution in [0.5, 0.6) is 5.75 Å². The van der Waals surface area contributed by atoms with Crippen molar-refractivity contribution >= 4 is 17.6 Å². The number of esters is 1. The maximum absolute atomic E-state index is 11.8. The zero-order valence-electron chi connectivity index (χ0n) is 12.4. The summed E-state index contributed by atoms with van der Waals surface area (Å²) < 4.78 is 4.93. The number of amides is 1. The number of ether oxygens (including phenoxy) is 1. The average Bonchev–Trinajstić information content (AvgIpc) is 2.50. The molecule has 1 amide bonds. The van der Waals surface area contributed by atoms with Crippen molar-refractivity contribution in [3.63, 3.8) is 0 Å². The molecule has 2 aromatic rings. The van der Waals surface area contributed by atoms with E-state index in [1.807, 2.05) is 25.1 Å². The molecule has 2 rings (SSSR count). The molecule has 114 valence electrons. The first-order valence-electron chi connectivity index (χ1n) is 6.79. The van der Waals surface area contributed by atoms with Crippen LogP contribution in [-0.2, 0) is 9.53 Å². The van der Waals surface area contributed by atoms with Crippen molar-refractivity contribution in [2.24, 2.45) is 0 Å². The molecule has 0 bridgehead atoms. The number of phenolic OH excluding ortho intramolecular Hbond substituents is 1. The first kappa shape index (κ1) is 15.6. The van der Waals surface area contributed by atoms with Crippen molar-refractivity contribution in [3.05, 3.63) is 59.2 Å². The Morgan fingerprint density at radius 3 is 2.50 bits per heavy atom. The number of aromatic hydroxyl groups is 1. The second-order valence-corrected chi connectivity index (χ2v) is 4.94. The minimum absolute atomic E-state index is 0.0128. The molecule has 5 nitrogen and oxygen atoms in total. The molecular weight excluding hydrogens is 282 g/mol. The van der Waals surface area contributed by atoms with Crippen LogP contribution in [0.25, 0.3) is 0 Å². The summed E-state index contributed by atoms with van der Waals surface area (Å²) in [6.07, 6.45) is 0. The molecule has 0 heterocycles.